The number of nitrogens with zero attached hydrogens (tertiary/aromatic N) is 1. The Morgan fingerprint density at radius 3 is 2.50 bits per heavy atom. The quantitative estimate of drug-likeness (QED) is 0.792. The molecule has 3 N–H and O–H groups in total. The number of hydrogen-bond donors (Lipinski definition) is 3. The van der Waals surface area contributed by atoms with Crippen molar-refractivity contribution in [2.75, 3.05) is 18.4 Å². The van der Waals surface area contributed by atoms with E-state index in [0.717, 1.165) is 31.7 Å². The highest BCUT2D eigenvalue weighted by molar-refractivity contribution is 5.87. The molecule has 2 rings (SSSR count). The second kappa shape index (κ2) is 8.13. The predicted molar refractivity (Wildman–Crippen MR) is 75.2 cm³/mol. The molecule has 1 aromatic heterocycles. The number of hydrogen-bond acceptors (Lipinski definition) is 4. The summed E-state index contributed by atoms with van der Waals surface area (Å²) in [6, 6.07) is 3.72. The zero-order valence-corrected chi connectivity index (χ0v) is 11.4. The van der Waals surface area contributed by atoms with Crippen LogP contribution in [0.1, 0.15) is 23.2 Å². The zero-order valence-electron chi connectivity index (χ0n) is 9.76. The number of nitrogens with one attached hydrogen (secondary N) is 2. The Morgan fingerprint density at radius 2 is 2.00 bits per heavy atom. The van der Waals surface area contributed by atoms with E-state index >= 15 is 0 Å². The standard InChI is InChI=1S/C11H15N3O2.2ClH/c15-11(16)8-1-2-10(13-7-8)14-9-3-5-12-6-4-9;;/h1-2,7,9,12H,3-6H2,(H,13,14)(H,15,16);2*1H. The van der Waals surface area contributed by atoms with Gasteiger partial charge in [-0.15, -0.1) is 24.8 Å². The molecule has 2 heterocycles. The normalized spacial score (nSPS) is 15.1. The highest BCUT2D eigenvalue weighted by atomic mass is 35.5. The highest BCUT2D eigenvalue weighted by Crippen LogP contribution is 2.11. The molecule has 0 spiro atoms. The van der Waals surface area contributed by atoms with Gasteiger partial charge in [0.1, 0.15) is 5.82 Å². The first kappa shape index (κ1) is 17.0. The maximum atomic E-state index is 10.6. The number of carbonyl (C=O) groups is 1. The molecule has 1 fully saturated rings. The first-order chi connectivity index (χ1) is 7.75. The van der Waals surface area contributed by atoms with E-state index in [1.807, 2.05) is 0 Å². The van der Waals surface area contributed by atoms with E-state index in [9.17, 15) is 4.79 Å². The summed E-state index contributed by atoms with van der Waals surface area (Å²) in [5, 5.41) is 15.3. The van der Waals surface area contributed by atoms with Gasteiger partial charge in [0.05, 0.1) is 5.56 Å². The number of piperidine rings is 1. The highest BCUT2D eigenvalue weighted by Gasteiger charge is 2.13. The zero-order chi connectivity index (χ0) is 11.4. The second-order valence-corrected chi connectivity index (χ2v) is 3.91. The van der Waals surface area contributed by atoms with Gasteiger partial charge in [0.15, 0.2) is 0 Å². The fraction of sp³-hybridized carbons (Fsp3) is 0.455. The van der Waals surface area contributed by atoms with Gasteiger partial charge >= 0.3 is 5.97 Å². The van der Waals surface area contributed by atoms with Gasteiger partial charge in [0.25, 0.3) is 0 Å². The van der Waals surface area contributed by atoms with Crippen LogP contribution in [0.4, 0.5) is 5.82 Å². The fourth-order valence-electron chi connectivity index (χ4n) is 1.78. The Bertz CT molecular complexity index is 367. The lowest BCUT2D eigenvalue weighted by Crippen LogP contribution is -2.35. The van der Waals surface area contributed by atoms with Gasteiger partial charge in [-0.1, -0.05) is 0 Å². The van der Waals surface area contributed by atoms with Crippen LogP contribution in [0.2, 0.25) is 0 Å². The minimum atomic E-state index is -0.944. The van der Waals surface area contributed by atoms with E-state index in [-0.39, 0.29) is 30.4 Å². The fourth-order valence-corrected chi connectivity index (χ4v) is 1.78. The van der Waals surface area contributed by atoms with Gasteiger partial charge in [-0.3, -0.25) is 0 Å². The van der Waals surface area contributed by atoms with Gasteiger partial charge in [-0.2, -0.15) is 0 Å². The third kappa shape index (κ3) is 4.68. The van der Waals surface area contributed by atoms with Crippen molar-refractivity contribution < 1.29 is 9.90 Å². The van der Waals surface area contributed by atoms with Crippen LogP contribution in [0.5, 0.6) is 0 Å². The lowest BCUT2D eigenvalue weighted by Gasteiger charge is -2.24. The Kier molecular flexibility index (Phi) is 7.66. The number of anilines is 1. The average Bonchev–Trinajstić information content (AvgIpc) is 2.31. The molecule has 1 aliphatic rings. The maximum absolute atomic E-state index is 10.6. The van der Waals surface area contributed by atoms with Gasteiger partial charge in [0, 0.05) is 12.2 Å². The van der Waals surface area contributed by atoms with E-state index in [4.69, 9.17) is 5.11 Å². The Balaban J connectivity index is 0.00000144. The molecule has 1 aliphatic heterocycles. The maximum Gasteiger partial charge on any atom is 0.337 e. The second-order valence-electron chi connectivity index (χ2n) is 3.91. The first-order valence-electron chi connectivity index (χ1n) is 5.42. The smallest absolute Gasteiger partial charge is 0.337 e. The average molecular weight is 294 g/mol. The van der Waals surface area contributed by atoms with E-state index in [0.29, 0.717) is 6.04 Å². The minimum Gasteiger partial charge on any atom is -0.478 e. The van der Waals surface area contributed by atoms with Crippen molar-refractivity contribution in [3.63, 3.8) is 0 Å². The molecule has 102 valence electrons. The number of halogens is 2. The largest absolute Gasteiger partial charge is 0.478 e. The molecule has 0 aromatic carbocycles. The van der Waals surface area contributed by atoms with E-state index in [2.05, 4.69) is 15.6 Å². The van der Waals surface area contributed by atoms with E-state index in [1.54, 1.807) is 12.1 Å². The molecule has 0 aliphatic carbocycles. The lowest BCUT2D eigenvalue weighted by atomic mass is 10.1. The summed E-state index contributed by atoms with van der Waals surface area (Å²) in [5.41, 5.74) is 0.218. The summed E-state index contributed by atoms with van der Waals surface area (Å²) in [6.07, 6.45) is 3.52. The molecule has 0 unspecified atom stereocenters. The third-order valence-electron chi connectivity index (χ3n) is 2.70. The molecule has 0 saturated carbocycles. The minimum absolute atomic E-state index is 0. The summed E-state index contributed by atoms with van der Waals surface area (Å²) in [6.45, 7) is 2.04. The molecule has 1 aromatic rings. The molecule has 0 radical (unpaired) electrons. The van der Waals surface area contributed by atoms with Gasteiger partial charge < -0.3 is 15.7 Å². The number of rotatable bonds is 3. The van der Waals surface area contributed by atoms with Crippen LogP contribution in [0, 0.1) is 0 Å². The van der Waals surface area contributed by atoms with Crippen molar-refractivity contribution in [3.8, 4) is 0 Å². The summed E-state index contributed by atoms with van der Waals surface area (Å²) in [5.74, 6) is -0.196. The van der Waals surface area contributed by atoms with Crippen molar-refractivity contribution in [2.24, 2.45) is 0 Å². The molecule has 5 nitrogen and oxygen atoms in total. The van der Waals surface area contributed by atoms with Gasteiger partial charge in [-0.05, 0) is 38.1 Å². The van der Waals surface area contributed by atoms with Gasteiger partial charge in [0.2, 0.25) is 0 Å². The van der Waals surface area contributed by atoms with Crippen LogP contribution < -0.4 is 10.6 Å². The Hall–Kier alpha value is -1.04. The molecular formula is C11H17Cl2N3O2. The number of pyridine rings is 1. The lowest BCUT2D eigenvalue weighted by molar-refractivity contribution is 0.0696. The molecule has 1 saturated heterocycles. The van der Waals surface area contributed by atoms with Crippen LogP contribution in [0.25, 0.3) is 0 Å². The van der Waals surface area contributed by atoms with E-state index in [1.165, 1.54) is 6.20 Å². The molecule has 0 amide bonds. The molecular weight excluding hydrogens is 277 g/mol. The Labute approximate surface area is 118 Å². The topological polar surface area (TPSA) is 74.2 Å². The molecule has 7 heteroatoms. The monoisotopic (exact) mass is 293 g/mol. The van der Waals surface area contributed by atoms with Crippen LogP contribution >= 0.6 is 24.8 Å². The first-order valence-corrected chi connectivity index (χ1v) is 5.42. The predicted octanol–water partition coefficient (Wildman–Crippen LogP) is 1.79. The van der Waals surface area contributed by atoms with Crippen molar-refractivity contribution in [1.82, 2.24) is 10.3 Å². The van der Waals surface area contributed by atoms with Crippen molar-refractivity contribution >= 4 is 36.6 Å². The Morgan fingerprint density at radius 1 is 1.33 bits per heavy atom. The SMILES string of the molecule is Cl.Cl.O=C(O)c1ccc(NC2CCNCC2)nc1. The van der Waals surface area contributed by atoms with Crippen molar-refractivity contribution in [2.45, 2.75) is 18.9 Å². The van der Waals surface area contributed by atoms with Crippen molar-refractivity contribution in [3.05, 3.63) is 23.9 Å². The van der Waals surface area contributed by atoms with Crippen LogP contribution in [-0.4, -0.2) is 35.2 Å². The molecule has 0 atom stereocenters. The molecule has 0 bridgehead atoms. The van der Waals surface area contributed by atoms with Crippen LogP contribution in [0.3, 0.4) is 0 Å². The summed E-state index contributed by atoms with van der Waals surface area (Å²) in [4.78, 5) is 14.7. The van der Waals surface area contributed by atoms with E-state index < -0.39 is 5.97 Å². The number of carboxylic acid groups (broad SMARTS) is 1. The van der Waals surface area contributed by atoms with Crippen molar-refractivity contribution in [1.29, 1.82) is 0 Å². The summed E-state index contributed by atoms with van der Waals surface area (Å²) < 4.78 is 0. The summed E-state index contributed by atoms with van der Waals surface area (Å²) >= 11 is 0. The van der Waals surface area contributed by atoms with Crippen LogP contribution in [0.15, 0.2) is 18.3 Å². The number of aromatic nitrogens is 1. The third-order valence-corrected chi connectivity index (χ3v) is 2.70. The summed E-state index contributed by atoms with van der Waals surface area (Å²) in [7, 11) is 0. The number of carboxylic acids is 1. The molecule has 18 heavy (non-hydrogen) atoms. The van der Waals surface area contributed by atoms with Crippen LogP contribution in [-0.2, 0) is 0 Å². The van der Waals surface area contributed by atoms with Gasteiger partial charge in [-0.25, -0.2) is 9.78 Å². The number of aromatic carboxylic acids is 1.